The lowest BCUT2D eigenvalue weighted by Gasteiger charge is -2.23. The van der Waals surface area contributed by atoms with Crippen molar-refractivity contribution < 1.29 is 14.3 Å². The molecule has 9 heteroatoms. The van der Waals surface area contributed by atoms with Crippen LogP contribution >= 0.6 is 39.9 Å². The topological polar surface area (TPSA) is 84.4 Å². The van der Waals surface area contributed by atoms with Crippen molar-refractivity contribution in [2.45, 2.75) is 6.61 Å². The van der Waals surface area contributed by atoms with Gasteiger partial charge in [0, 0.05) is 46.6 Å². The molecule has 0 aliphatic carbocycles. The Morgan fingerprint density at radius 2 is 1.60 bits per heavy atom. The van der Waals surface area contributed by atoms with Crippen LogP contribution < -0.4 is 15.0 Å². The number of hydrogen-bond donors (Lipinski definition) is 1. The van der Waals surface area contributed by atoms with Gasteiger partial charge in [-0.3, -0.25) is 14.6 Å². The second kappa shape index (κ2) is 14.0. The number of hydrogen-bond acceptors (Lipinski definition) is 5. The highest BCUT2D eigenvalue weighted by Crippen LogP contribution is 2.19. The van der Waals surface area contributed by atoms with Crippen LogP contribution in [0.15, 0.2) is 114 Å². The van der Waals surface area contributed by atoms with Crippen LogP contribution in [0.2, 0.25) is 0 Å². The summed E-state index contributed by atoms with van der Waals surface area (Å²) in [6.45, 7) is 0.890. The number of ether oxygens (including phenoxy) is 1. The van der Waals surface area contributed by atoms with Gasteiger partial charge in [0.1, 0.15) is 12.4 Å². The van der Waals surface area contributed by atoms with Crippen LogP contribution in [0.1, 0.15) is 26.4 Å². The summed E-state index contributed by atoms with van der Waals surface area (Å²) in [5.74, 6) is 0.207. The summed E-state index contributed by atoms with van der Waals surface area (Å²) in [5.41, 5.74) is 3.44. The van der Waals surface area contributed by atoms with Gasteiger partial charge in [-0.2, -0.15) is 0 Å². The summed E-state index contributed by atoms with van der Waals surface area (Å²) in [6, 6.07) is 29.9. The van der Waals surface area contributed by atoms with E-state index in [2.05, 4.69) is 31.2 Å². The second-order valence-electron chi connectivity index (χ2n) is 8.75. The Morgan fingerprint density at radius 3 is 2.38 bits per heavy atom. The standard InChI is InChI=1S/C31H25BrN4O3.HI/c32-25-18-24(19-33-20-25)31(38)36(27-7-2-1-3-8-27)17-16-34-30(37)23-11-14-28(15-12-23)39-21-26-13-10-22-6-4-5-9-29(22)35-26;/h1-15,18-20H,16-17,21H2,(H,34,37);1H. The Kier molecular flexibility index (Phi) is 10.2. The van der Waals surface area contributed by atoms with Crippen molar-refractivity contribution in [1.29, 1.82) is 0 Å². The summed E-state index contributed by atoms with van der Waals surface area (Å²) in [4.78, 5) is 36.4. The van der Waals surface area contributed by atoms with Gasteiger partial charge in [0.25, 0.3) is 11.8 Å². The van der Waals surface area contributed by atoms with E-state index >= 15 is 0 Å². The SMILES string of the molecule is I.O=C(NCCN(C(=O)c1cncc(Br)c1)c1ccccc1)c1ccc(OCc2ccc3ccccc3n2)cc1. The summed E-state index contributed by atoms with van der Waals surface area (Å²) >= 11 is 3.37. The van der Waals surface area contributed by atoms with E-state index in [-0.39, 0.29) is 42.3 Å². The average Bonchev–Trinajstić information content (AvgIpc) is 2.98. The number of para-hydroxylation sites is 2. The van der Waals surface area contributed by atoms with Crippen LogP contribution in [0.3, 0.4) is 0 Å². The molecular weight excluding hydrogens is 683 g/mol. The van der Waals surface area contributed by atoms with Crippen molar-refractivity contribution in [2.75, 3.05) is 18.0 Å². The molecule has 0 spiro atoms. The normalized spacial score (nSPS) is 10.4. The van der Waals surface area contributed by atoms with Crippen LogP contribution in [0.4, 0.5) is 5.69 Å². The molecule has 7 nitrogen and oxygen atoms in total. The van der Waals surface area contributed by atoms with Crippen molar-refractivity contribution in [1.82, 2.24) is 15.3 Å². The molecule has 2 aromatic heterocycles. The number of nitrogens with zero attached hydrogens (tertiary/aromatic N) is 3. The van der Waals surface area contributed by atoms with Crippen molar-refractivity contribution in [3.8, 4) is 5.75 Å². The predicted molar refractivity (Wildman–Crippen MR) is 170 cm³/mol. The summed E-state index contributed by atoms with van der Waals surface area (Å²) < 4.78 is 6.59. The Balaban J connectivity index is 0.00000370. The number of pyridine rings is 2. The van der Waals surface area contributed by atoms with Crippen LogP contribution in [0, 0.1) is 0 Å². The van der Waals surface area contributed by atoms with E-state index in [1.54, 1.807) is 41.4 Å². The first-order valence-electron chi connectivity index (χ1n) is 12.4. The van der Waals surface area contributed by atoms with Gasteiger partial charge < -0.3 is 15.0 Å². The van der Waals surface area contributed by atoms with Gasteiger partial charge in [0.05, 0.1) is 16.8 Å². The minimum atomic E-state index is -0.234. The number of carbonyl (C=O) groups excluding carboxylic acids is 2. The zero-order valence-corrected chi connectivity index (χ0v) is 25.3. The molecule has 0 atom stereocenters. The largest absolute Gasteiger partial charge is 0.487 e. The molecule has 40 heavy (non-hydrogen) atoms. The van der Waals surface area contributed by atoms with Crippen LogP contribution in [0.25, 0.3) is 10.9 Å². The number of aromatic nitrogens is 2. The number of halogens is 2. The molecule has 0 radical (unpaired) electrons. The van der Waals surface area contributed by atoms with E-state index in [9.17, 15) is 9.59 Å². The van der Waals surface area contributed by atoms with Crippen molar-refractivity contribution in [3.05, 3.63) is 131 Å². The summed E-state index contributed by atoms with van der Waals surface area (Å²) in [6.07, 6.45) is 3.15. The van der Waals surface area contributed by atoms with Crippen molar-refractivity contribution in [2.24, 2.45) is 0 Å². The van der Waals surface area contributed by atoms with E-state index in [4.69, 9.17) is 4.74 Å². The molecule has 5 aromatic rings. The van der Waals surface area contributed by atoms with Gasteiger partial charge in [-0.15, -0.1) is 24.0 Å². The third kappa shape index (κ3) is 7.42. The molecule has 0 unspecified atom stereocenters. The highest BCUT2D eigenvalue weighted by Gasteiger charge is 2.18. The van der Waals surface area contributed by atoms with E-state index in [0.717, 1.165) is 26.8 Å². The number of nitrogens with one attached hydrogen (secondary N) is 1. The molecule has 2 heterocycles. The molecule has 0 fully saturated rings. The first-order chi connectivity index (χ1) is 19.1. The first kappa shape index (κ1) is 29.2. The maximum atomic E-state index is 13.2. The summed E-state index contributed by atoms with van der Waals surface area (Å²) in [7, 11) is 0. The molecule has 5 rings (SSSR count). The lowest BCUT2D eigenvalue weighted by atomic mass is 10.2. The monoisotopic (exact) mass is 708 g/mol. The second-order valence-corrected chi connectivity index (χ2v) is 9.66. The van der Waals surface area contributed by atoms with Crippen molar-refractivity contribution >= 4 is 68.3 Å². The highest BCUT2D eigenvalue weighted by molar-refractivity contribution is 14.0. The minimum Gasteiger partial charge on any atom is -0.487 e. The number of benzene rings is 3. The van der Waals surface area contributed by atoms with Crippen LogP contribution in [-0.2, 0) is 6.61 Å². The number of carbonyl (C=O) groups is 2. The highest BCUT2D eigenvalue weighted by atomic mass is 127. The number of amides is 2. The van der Waals surface area contributed by atoms with Gasteiger partial charge in [-0.25, -0.2) is 4.98 Å². The molecule has 2 amide bonds. The maximum Gasteiger partial charge on any atom is 0.259 e. The average molecular weight is 709 g/mol. The quantitative estimate of drug-likeness (QED) is 0.173. The molecule has 0 saturated heterocycles. The number of rotatable bonds is 9. The Hall–Kier alpha value is -3.83. The number of fused-ring (bicyclic) bond motifs is 1. The fourth-order valence-corrected chi connectivity index (χ4v) is 4.44. The van der Waals surface area contributed by atoms with Gasteiger partial charge in [0.2, 0.25) is 0 Å². The fraction of sp³-hybridized carbons (Fsp3) is 0.0968. The zero-order valence-electron chi connectivity index (χ0n) is 21.4. The third-order valence-corrected chi connectivity index (χ3v) is 6.48. The molecule has 0 bridgehead atoms. The zero-order chi connectivity index (χ0) is 27.0. The third-order valence-electron chi connectivity index (χ3n) is 6.05. The van der Waals surface area contributed by atoms with Crippen LogP contribution in [-0.4, -0.2) is 34.9 Å². The number of anilines is 1. The molecule has 0 saturated carbocycles. The van der Waals surface area contributed by atoms with Gasteiger partial charge in [-0.05, 0) is 70.5 Å². The predicted octanol–water partition coefficient (Wildman–Crippen LogP) is 6.67. The molecular formula is C31H26BrIN4O3. The van der Waals surface area contributed by atoms with E-state index in [1.807, 2.05) is 66.7 Å². The van der Waals surface area contributed by atoms with E-state index < -0.39 is 0 Å². The molecule has 0 aliphatic heterocycles. The van der Waals surface area contributed by atoms with Crippen LogP contribution in [0.5, 0.6) is 5.75 Å². The maximum absolute atomic E-state index is 13.2. The fourth-order valence-electron chi connectivity index (χ4n) is 4.07. The Labute approximate surface area is 257 Å². The minimum absolute atomic E-state index is 0. The molecule has 1 N–H and O–H groups in total. The lowest BCUT2D eigenvalue weighted by Crippen LogP contribution is -2.38. The van der Waals surface area contributed by atoms with E-state index in [1.165, 1.54) is 6.20 Å². The molecule has 3 aromatic carbocycles. The Bertz CT molecular complexity index is 1600. The molecule has 202 valence electrons. The first-order valence-corrected chi connectivity index (χ1v) is 13.2. The van der Waals surface area contributed by atoms with E-state index in [0.29, 0.717) is 30.0 Å². The van der Waals surface area contributed by atoms with Gasteiger partial charge in [-0.1, -0.05) is 42.5 Å². The lowest BCUT2D eigenvalue weighted by molar-refractivity contribution is 0.0943. The van der Waals surface area contributed by atoms with Gasteiger partial charge in [0.15, 0.2) is 0 Å². The van der Waals surface area contributed by atoms with Gasteiger partial charge >= 0.3 is 0 Å². The smallest absolute Gasteiger partial charge is 0.259 e. The summed E-state index contributed by atoms with van der Waals surface area (Å²) in [5, 5.41) is 3.98. The Morgan fingerprint density at radius 1 is 0.850 bits per heavy atom. The van der Waals surface area contributed by atoms with Crippen molar-refractivity contribution in [3.63, 3.8) is 0 Å². The molecule has 0 aliphatic rings.